The molecular weight excluding hydrogens is 272 g/mol. The Bertz CT molecular complexity index is 433. The highest BCUT2D eigenvalue weighted by atomic mass is 32.1. The molecule has 1 unspecified atom stereocenters. The zero-order chi connectivity index (χ0) is 14.4. The third-order valence-corrected chi connectivity index (χ3v) is 4.96. The van der Waals surface area contributed by atoms with Crippen LogP contribution in [0.1, 0.15) is 55.6 Å². The second-order valence-corrected chi connectivity index (χ2v) is 6.41. The van der Waals surface area contributed by atoms with Crippen LogP contribution in [-0.4, -0.2) is 40.6 Å². The molecule has 1 aromatic rings. The summed E-state index contributed by atoms with van der Waals surface area (Å²) in [5.74, 6) is -0.107. The van der Waals surface area contributed by atoms with Gasteiger partial charge in [-0.15, -0.1) is 11.3 Å². The predicted molar refractivity (Wildman–Crippen MR) is 81.4 cm³/mol. The molecule has 1 saturated heterocycles. The monoisotopic (exact) mass is 296 g/mol. The van der Waals surface area contributed by atoms with Crippen molar-refractivity contribution in [1.29, 1.82) is 0 Å². The fourth-order valence-corrected chi connectivity index (χ4v) is 3.78. The summed E-state index contributed by atoms with van der Waals surface area (Å²) in [6, 6.07) is 0. The van der Waals surface area contributed by atoms with Crippen LogP contribution in [0.2, 0.25) is 0 Å². The van der Waals surface area contributed by atoms with E-state index in [4.69, 9.17) is 10.1 Å². The van der Waals surface area contributed by atoms with Gasteiger partial charge in [-0.2, -0.15) is 0 Å². The molecule has 20 heavy (non-hydrogen) atoms. The molecule has 0 bridgehead atoms. The van der Waals surface area contributed by atoms with E-state index in [-0.39, 0.29) is 0 Å². The van der Waals surface area contributed by atoms with Crippen molar-refractivity contribution in [2.24, 2.45) is 0 Å². The van der Waals surface area contributed by atoms with Crippen molar-refractivity contribution in [1.82, 2.24) is 9.88 Å². The number of likely N-dealkylation sites (tertiary alicyclic amines) is 1. The van der Waals surface area contributed by atoms with Gasteiger partial charge < -0.3 is 10.0 Å². The van der Waals surface area contributed by atoms with Crippen LogP contribution in [0.25, 0.3) is 0 Å². The molecule has 0 aliphatic carbocycles. The zero-order valence-electron chi connectivity index (χ0n) is 12.2. The number of hydrogen-bond acceptors (Lipinski definition) is 4. The molecule has 0 spiro atoms. The summed E-state index contributed by atoms with van der Waals surface area (Å²) in [5, 5.41) is 12.1. The zero-order valence-corrected chi connectivity index (χ0v) is 13.0. The number of unbranched alkanes of at least 4 members (excludes halogenated alkanes) is 1. The van der Waals surface area contributed by atoms with Crippen LogP contribution in [0.3, 0.4) is 0 Å². The van der Waals surface area contributed by atoms with E-state index >= 15 is 0 Å². The van der Waals surface area contributed by atoms with Crippen LogP contribution >= 0.6 is 11.3 Å². The summed E-state index contributed by atoms with van der Waals surface area (Å²) in [6.07, 6.45) is 5.55. The van der Waals surface area contributed by atoms with Gasteiger partial charge in [0.15, 0.2) is 0 Å². The molecule has 2 heterocycles. The number of aryl methyl sites for hydroxylation is 1. The van der Waals surface area contributed by atoms with Crippen molar-refractivity contribution < 1.29 is 9.90 Å². The number of thiazole rings is 1. The van der Waals surface area contributed by atoms with Crippen LogP contribution in [0, 0.1) is 0 Å². The molecule has 0 radical (unpaired) electrons. The number of carboxylic acid groups (broad SMARTS) is 1. The maximum atomic E-state index is 10.5. The van der Waals surface area contributed by atoms with Crippen LogP contribution in [-0.2, 0) is 11.2 Å². The molecule has 4 nitrogen and oxygen atoms in total. The first-order valence-corrected chi connectivity index (χ1v) is 8.45. The van der Waals surface area contributed by atoms with E-state index < -0.39 is 5.97 Å². The minimum absolute atomic E-state index is 0.295. The third-order valence-electron chi connectivity index (χ3n) is 3.90. The van der Waals surface area contributed by atoms with E-state index in [0.29, 0.717) is 12.3 Å². The maximum Gasteiger partial charge on any atom is 0.303 e. The van der Waals surface area contributed by atoms with Crippen LogP contribution in [0.4, 0.5) is 0 Å². The van der Waals surface area contributed by atoms with Gasteiger partial charge in [0.25, 0.3) is 0 Å². The van der Waals surface area contributed by atoms with Crippen molar-refractivity contribution in [3.05, 3.63) is 16.1 Å². The number of hydrogen-bond donors (Lipinski definition) is 1. The molecule has 0 saturated carbocycles. The Kier molecular flexibility index (Phi) is 5.98. The Morgan fingerprint density at radius 2 is 2.40 bits per heavy atom. The van der Waals surface area contributed by atoms with Crippen LogP contribution in [0.5, 0.6) is 0 Å². The summed E-state index contributed by atoms with van der Waals surface area (Å²) in [6.45, 7) is 5.41. The van der Waals surface area contributed by atoms with Crippen LogP contribution < -0.4 is 0 Å². The highest BCUT2D eigenvalue weighted by molar-refractivity contribution is 7.09. The SMILES string of the molecule is CCc1csc(C2CCCN(CCCCC(=O)O)C2)n1. The number of rotatable bonds is 7. The highest BCUT2D eigenvalue weighted by Gasteiger charge is 2.23. The molecule has 5 heteroatoms. The largest absolute Gasteiger partial charge is 0.481 e. The molecule has 1 aromatic heterocycles. The molecule has 2 rings (SSSR count). The number of carbonyl (C=O) groups is 1. The molecule has 1 fully saturated rings. The van der Waals surface area contributed by atoms with Gasteiger partial charge in [-0.05, 0) is 45.2 Å². The minimum Gasteiger partial charge on any atom is -0.481 e. The summed E-state index contributed by atoms with van der Waals surface area (Å²) in [7, 11) is 0. The van der Waals surface area contributed by atoms with E-state index in [2.05, 4.69) is 17.2 Å². The topological polar surface area (TPSA) is 53.4 Å². The first kappa shape index (κ1) is 15.4. The molecule has 1 aliphatic heterocycles. The molecule has 112 valence electrons. The van der Waals surface area contributed by atoms with Crippen molar-refractivity contribution in [2.75, 3.05) is 19.6 Å². The normalized spacial score (nSPS) is 20.1. The standard InChI is InChI=1S/C15H24N2O2S/c1-2-13-11-20-15(16-13)12-6-5-9-17(10-12)8-4-3-7-14(18)19/h11-12H,2-10H2,1H3,(H,18,19). The molecule has 1 aliphatic rings. The van der Waals surface area contributed by atoms with E-state index in [0.717, 1.165) is 38.9 Å². The van der Waals surface area contributed by atoms with Gasteiger partial charge in [0.2, 0.25) is 0 Å². The second-order valence-electron chi connectivity index (χ2n) is 5.52. The molecule has 1 atom stereocenters. The fourth-order valence-electron chi connectivity index (χ4n) is 2.74. The highest BCUT2D eigenvalue weighted by Crippen LogP contribution is 2.29. The third kappa shape index (κ3) is 4.56. The Hall–Kier alpha value is -0.940. The number of aliphatic carboxylic acids is 1. The van der Waals surface area contributed by atoms with E-state index in [9.17, 15) is 4.79 Å². The number of nitrogens with zero attached hydrogens (tertiary/aromatic N) is 2. The predicted octanol–water partition coefficient (Wildman–Crippen LogP) is 3.14. The Balaban J connectivity index is 1.77. The van der Waals surface area contributed by atoms with Gasteiger partial charge in [-0.25, -0.2) is 4.98 Å². The Labute approximate surface area is 124 Å². The fraction of sp³-hybridized carbons (Fsp3) is 0.733. The maximum absolute atomic E-state index is 10.5. The summed E-state index contributed by atoms with van der Waals surface area (Å²) < 4.78 is 0. The first-order valence-electron chi connectivity index (χ1n) is 7.57. The molecule has 0 aromatic carbocycles. The Morgan fingerprint density at radius 1 is 1.55 bits per heavy atom. The lowest BCUT2D eigenvalue weighted by atomic mass is 9.98. The van der Waals surface area contributed by atoms with Crippen LogP contribution in [0.15, 0.2) is 5.38 Å². The van der Waals surface area contributed by atoms with E-state index in [1.807, 2.05) is 0 Å². The van der Waals surface area contributed by atoms with Gasteiger partial charge in [-0.3, -0.25) is 4.79 Å². The first-order chi connectivity index (χ1) is 9.69. The Morgan fingerprint density at radius 3 is 3.10 bits per heavy atom. The second kappa shape index (κ2) is 7.74. The van der Waals surface area contributed by atoms with Gasteiger partial charge in [0.1, 0.15) is 0 Å². The van der Waals surface area contributed by atoms with Crippen molar-refractivity contribution >= 4 is 17.3 Å². The van der Waals surface area contributed by atoms with Gasteiger partial charge in [-0.1, -0.05) is 6.92 Å². The quantitative estimate of drug-likeness (QED) is 0.785. The average Bonchev–Trinajstić information content (AvgIpc) is 2.93. The number of carboxylic acids is 1. The lowest BCUT2D eigenvalue weighted by Crippen LogP contribution is -2.35. The summed E-state index contributed by atoms with van der Waals surface area (Å²) in [5.41, 5.74) is 1.21. The molecular formula is C15H24N2O2S. The average molecular weight is 296 g/mol. The number of piperidine rings is 1. The lowest BCUT2D eigenvalue weighted by Gasteiger charge is -2.31. The van der Waals surface area contributed by atoms with Gasteiger partial charge in [0, 0.05) is 24.3 Å². The van der Waals surface area contributed by atoms with Crippen molar-refractivity contribution in [3.63, 3.8) is 0 Å². The van der Waals surface area contributed by atoms with E-state index in [1.165, 1.54) is 23.5 Å². The summed E-state index contributed by atoms with van der Waals surface area (Å²) >= 11 is 1.80. The molecule has 1 N–H and O–H groups in total. The summed E-state index contributed by atoms with van der Waals surface area (Å²) in [4.78, 5) is 17.7. The molecule has 0 amide bonds. The van der Waals surface area contributed by atoms with Crippen molar-refractivity contribution in [3.8, 4) is 0 Å². The smallest absolute Gasteiger partial charge is 0.303 e. The van der Waals surface area contributed by atoms with Gasteiger partial charge >= 0.3 is 5.97 Å². The minimum atomic E-state index is -0.684. The number of aromatic nitrogens is 1. The van der Waals surface area contributed by atoms with Crippen molar-refractivity contribution in [2.45, 2.75) is 51.4 Å². The van der Waals surface area contributed by atoms with E-state index in [1.54, 1.807) is 11.3 Å². The lowest BCUT2D eigenvalue weighted by molar-refractivity contribution is -0.137. The van der Waals surface area contributed by atoms with Gasteiger partial charge in [0.05, 0.1) is 10.7 Å².